The largest absolute Gasteiger partial charge is 0.497 e. The predicted octanol–water partition coefficient (Wildman–Crippen LogP) is 2.46. The molecule has 0 fully saturated rings. The van der Waals surface area contributed by atoms with Crippen LogP contribution in [-0.4, -0.2) is 20.0 Å². The Kier molecular flexibility index (Phi) is 2.92. The SMILES string of the molecule is CCO[C@@H]1C=Cc2ccc(OC)cc2O1. The van der Waals surface area contributed by atoms with Crippen molar-refractivity contribution in [3.63, 3.8) is 0 Å². The Balaban J connectivity index is 2.22. The minimum absolute atomic E-state index is 0.283. The lowest BCUT2D eigenvalue weighted by Crippen LogP contribution is -2.20. The summed E-state index contributed by atoms with van der Waals surface area (Å²) in [6.07, 6.45) is 3.62. The first-order chi connectivity index (χ1) is 7.33. The first-order valence-corrected chi connectivity index (χ1v) is 4.98. The van der Waals surface area contributed by atoms with Crippen molar-refractivity contribution in [1.29, 1.82) is 0 Å². The Bertz CT molecular complexity index is 371. The zero-order chi connectivity index (χ0) is 10.7. The molecule has 1 aliphatic heterocycles. The van der Waals surface area contributed by atoms with Gasteiger partial charge >= 0.3 is 0 Å². The third kappa shape index (κ3) is 2.13. The summed E-state index contributed by atoms with van der Waals surface area (Å²) < 4.78 is 16.1. The fourth-order valence-corrected chi connectivity index (χ4v) is 1.48. The first kappa shape index (κ1) is 10.1. The molecular formula is C12H14O3. The summed E-state index contributed by atoms with van der Waals surface area (Å²) in [5.74, 6) is 1.59. The van der Waals surface area contributed by atoms with Crippen LogP contribution in [0.5, 0.6) is 11.5 Å². The second-order valence-electron chi connectivity index (χ2n) is 3.20. The highest BCUT2D eigenvalue weighted by Gasteiger charge is 2.14. The topological polar surface area (TPSA) is 27.7 Å². The molecule has 1 atom stereocenters. The molecule has 3 heteroatoms. The van der Waals surface area contributed by atoms with E-state index >= 15 is 0 Å². The molecule has 3 nitrogen and oxygen atoms in total. The van der Waals surface area contributed by atoms with Gasteiger partial charge in [-0.05, 0) is 31.2 Å². The Hall–Kier alpha value is -1.48. The molecule has 0 saturated carbocycles. The molecular weight excluding hydrogens is 192 g/mol. The smallest absolute Gasteiger partial charge is 0.220 e. The summed E-state index contributed by atoms with van der Waals surface area (Å²) in [4.78, 5) is 0. The number of fused-ring (bicyclic) bond motifs is 1. The van der Waals surface area contributed by atoms with E-state index in [1.807, 2.05) is 37.3 Å². The molecule has 1 aromatic rings. The summed E-state index contributed by atoms with van der Waals surface area (Å²) in [5, 5.41) is 0. The van der Waals surface area contributed by atoms with E-state index < -0.39 is 0 Å². The normalized spacial score (nSPS) is 18.1. The van der Waals surface area contributed by atoms with Crippen molar-refractivity contribution in [3.05, 3.63) is 29.8 Å². The molecule has 0 aliphatic carbocycles. The lowest BCUT2D eigenvalue weighted by atomic mass is 10.1. The van der Waals surface area contributed by atoms with Crippen molar-refractivity contribution in [1.82, 2.24) is 0 Å². The number of benzene rings is 1. The summed E-state index contributed by atoms with van der Waals surface area (Å²) in [7, 11) is 1.64. The molecule has 1 aliphatic rings. The Labute approximate surface area is 89.3 Å². The first-order valence-electron chi connectivity index (χ1n) is 4.98. The van der Waals surface area contributed by atoms with Gasteiger partial charge in [-0.15, -0.1) is 0 Å². The summed E-state index contributed by atoms with van der Waals surface area (Å²) in [5.41, 5.74) is 1.05. The third-order valence-electron chi connectivity index (χ3n) is 2.23. The Morgan fingerprint density at radius 2 is 2.27 bits per heavy atom. The van der Waals surface area contributed by atoms with Gasteiger partial charge in [-0.1, -0.05) is 0 Å². The minimum atomic E-state index is -0.283. The molecule has 1 aromatic carbocycles. The van der Waals surface area contributed by atoms with Crippen LogP contribution < -0.4 is 9.47 Å². The third-order valence-corrected chi connectivity index (χ3v) is 2.23. The lowest BCUT2D eigenvalue weighted by molar-refractivity contribution is -0.0414. The average molecular weight is 206 g/mol. The zero-order valence-corrected chi connectivity index (χ0v) is 8.90. The van der Waals surface area contributed by atoms with E-state index in [4.69, 9.17) is 14.2 Å². The van der Waals surface area contributed by atoms with Crippen LogP contribution in [0.25, 0.3) is 6.08 Å². The summed E-state index contributed by atoms with van der Waals surface area (Å²) in [6, 6.07) is 5.74. The van der Waals surface area contributed by atoms with Crippen LogP contribution in [0, 0.1) is 0 Å². The molecule has 0 unspecified atom stereocenters. The molecule has 0 radical (unpaired) electrons. The predicted molar refractivity (Wildman–Crippen MR) is 58.1 cm³/mol. The lowest BCUT2D eigenvalue weighted by Gasteiger charge is -2.21. The Morgan fingerprint density at radius 3 is 3.00 bits per heavy atom. The molecule has 15 heavy (non-hydrogen) atoms. The van der Waals surface area contributed by atoms with Crippen LogP contribution in [0.15, 0.2) is 24.3 Å². The highest BCUT2D eigenvalue weighted by molar-refractivity contribution is 5.61. The van der Waals surface area contributed by atoms with Gasteiger partial charge in [-0.25, -0.2) is 0 Å². The van der Waals surface area contributed by atoms with Crippen LogP contribution in [0.1, 0.15) is 12.5 Å². The maximum Gasteiger partial charge on any atom is 0.220 e. The fourth-order valence-electron chi connectivity index (χ4n) is 1.48. The monoisotopic (exact) mass is 206 g/mol. The van der Waals surface area contributed by atoms with Crippen molar-refractivity contribution in [2.75, 3.05) is 13.7 Å². The zero-order valence-electron chi connectivity index (χ0n) is 8.90. The van der Waals surface area contributed by atoms with Gasteiger partial charge in [-0.2, -0.15) is 0 Å². The van der Waals surface area contributed by atoms with Crippen LogP contribution in [0.4, 0.5) is 0 Å². The van der Waals surface area contributed by atoms with E-state index in [0.717, 1.165) is 17.1 Å². The molecule has 0 N–H and O–H groups in total. The van der Waals surface area contributed by atoms with Gasteiger partial charge in [0.15, 0.2) is 0 Å². The standard InChI is InChI=1S/C12H14O3/c1-3-14-12-7-5-9-4-6-10(13-2)8-11(9)15-12/h4-8,12H,3H2,1-2H3/t12-/m0/s1. The number of hydrogen-bond donors (Lipinski definition) is 0. The fraction of sp³-hybridized carbons (Fsp3) is 0.333. The summed E-state index contributed by atoms with van der Waals surface area (Å²) in [6.45, 7) is 2.58. The van der Waals surface area contributed by atoms with Gasteiger partial charge in [0.25, 0.3) is 0 Å². The van der Waals surface area contributed by atoms with E-state index in [1.165, 1.54) is 0 Å². The van der Waals surface area contributed by atoms with E-state index in [1.54, 1.807) is 7.11 Å². The van der Waals surface area contributed by atoms with Crippen LogP contribution >= 0.6 is 0 Å². The molecule has 0 bridgehead atoms. The number of ether oxygens (including phenoxy) is 3. The van der Waals surface area contributed by atoms with Crippen molar-refractivity contribution in [2.45, 2.75) is 13.2 Å². The molecule has 80 valence electrons. The number of hydrogen-bond acceptors (Lipinski definition) is 3. The van der Waals surface area contributed by atoms with E-state index in [-0.39, 0.29) is 6.29 Å². The highest BCUT2D eigenvalue weighted by atomic mass is 16.7. The maximum atomic E-state index is 5.63. The van der Waals surface area contributed by atoms with Crippen LogP contribution in [-0.2, 0) is 4.74 Å². The van der Waals surface area contributed by atoms with Gasteiger partial charge in [-0.3, -0.25) is 0 Å². The average Bonchev–Trinajstić information content (AvgIpc) is 2.28. The van der Waals surface area contributed by atoms with Gasteiger partial charge in [0.05, 0.1) is 7.11 Å². The van der Waals surface area contributed by atoms with Crippen LogP contribution in [0.2, 0.25) is 0 Å². The number of methoxy groups -OCH3 is 1. The van der Waals surface area contributed by atoms with E-state index in [2.05, 4.69) is 0 Å². The molecule has 0 amide bonds. The van der Waals surface area contributed by atoms with E-state index in [9.17, 15) is 0 Å². The van der Waals surface area contributed by atoms with Crippen LogP contribution in [0.3, 0.4) is 0 Å². The van der Waals surface area contributed by atoms with Gasteiger partial charge in [0.2, 0.25) is 6.29 Å². The Morgan fingerprint density at radius 1 is 1.40 bits per heavy atom. The van der Waals surface area contributed by atoms with Crippen molar-refractivity contribution >= 4 is 6.08 Å². The van der Waals surface area contributed by atoms with Crippen molar-refractivity contribution in [3.8, 4) is 11.5 Å². The minimum Gasteiger partial charge on any atom is -0.497 e. The highest BCUT2D eigenvalue weighted by Crippen LogP contribution is 2.30. The molecule has 1 heterocycles. The molecule has 2 rings (SSSR count). The molecule has 0 aromatic heterocycles. The molecule has 0 spiro atoms. The quantitative estimate of drug-likeness (QED) is 0.760. The van der Waals surface area contributed by atoms with E-state index in [0.29, 0.717) is 6.61 Å². The second kappa shape index (κ2) is 4.36. The maximum absolute atomic E-state index is 5.63. The second-order valence-corrected chi connectivity index (χ2v) is 3.20. The molecule has 0 saturated heterocycles. The number of rotatable bonds is 3. The van der Waals surface area contributed by atoms with Crippen molar-refractivity contribution < 1.29 is 14.2 Å². The van der Waals surface area contributed by atoms with Gasteiger partial charge < -0.3 is 14.2 Å². The van der Waals surface area contributed by atoms with Crippen molar-refractivity contribution in [2.24, 2.45) is 0 Å². The van der Waals surface area contributed by atoms with Gasteiger partial charge in [0, 0.05) is 18.2 Å². The summed E-state index contributed by atoms with van der Waals surface area (Å²) >= 11 is 0. The van der Waals surface area contributed by atoms with Gasteiger partial charge in [0.1, 0.15) is 11.5 Å².